The molecular weight excluding hydrogens is 284 g/mol. The van der Waals surface area contributed by atoms with Crippen LogP contribution in [0.5, 0.6) is 0 Å². The summed E-state index contributed by atoms with van der Waals surface area (Å²) in [5.41, 5.74) is 1.66. The summed E-state index contributed by atoms with van der Waals surface area (Å²) in [6, 6.07) is 1.000. The minimum atomic E-state index is -2.74. The summed E-state index contributed by atoms with van der Waals surface area (Å²) in [6.45, 7) is 8.45. The fraction of sp³-hybridized carbons (Fsp3) is 0.692. The van der Waals surface area contributed by atoms with Crippen molar-refractivity contribution in [3.63, 3.8) is 0 Å². The van der Waals surface area contributed by atoms with E-state index in [4.69, 9.17) is 4.74 Å². The molecule has 1 heterocycles. The van der Waals surface area contributed by atoms with E-state index in [1.807, 2.05) is 27.7 Å². The van der Waals surface area contributed by atoms with Gasteiger partial charge in [-0.3, -0.25) is 4.68 Å². The van der Waals surface area contributed by atoms with Crippen molar-refractivity contribution in [1.82, 2.24) is 15.3 Å². The first-order valence-corrected chi connectivity index (χ1v) is 6.83. The van der Waals surface area contributed by atoms with Gasteiger partial charge in [-0.15, -0.1) is 0 Å². The van der Waals surface area contributed by atoms with Crippen LogP contribution in [0.25, 0.3) is 0 Å². The first-order chi connectivity index (χ1) is 10.1. The van der Waals surface area contributed by atoms with Gasteiger partial charge < -0.3 is 9.57 Å². The number of nitrogens with zero attached hydrogens (tertiary/aromatic N) is 2. The number of hydroxylamine groups is 1. The number of halogens is 2. The molecule has 0 aliphatic carbocycles. The monoisotopic (exact) mass is 309 g/mol. The lowest BCUT2D eigenvalue weighted by atomic mass is 10.3. The molecule has 0 saturated carbocycles. The van der Waals surface area contributed by atoms with Crippen molar-refractivity contribution < 1.29 is 23.1 Å². The molecule has 0 amide bonds. The molecule has 0 bridgehead atoms. The van der Waals surface area contributed by atoms with Crippen molar-refractivity contribution in [2.45, 2.75) is 40.7 Å². The molecule has 0 unspecified atom stereocenters. The third-order valence-electron chi connectivity index (χ3n) is 1.93. The maximum Gasteiger partial charge on any atom is 0.375 e. The molecule has 124 valence electrons. The average Bonchev–Trinajstić information content (AvgIpc) is 2.94. The summed E-state index contributed by atoms with van der Waals surface area (Å²) in [5.74, 6) is -0.775. The van der Waals surface area contributed by atoms with Gasteiger partial charge >= 0.3 is 5.97 Å². The van der Waals surface area contributed by atoms with E-state index in [0.717, 1.165) is 10.7 Å². The molecule has 0 radical (unpaired) electrons. The minimum Gasteiger partial charge on any atom is -0.383 e. The normalized spacial score (nSPS) is 9.38. The molecule has 0 aliphatic rings. The van der Waals surface area contributed by atoms with Crippen molar-refractivity contribution in [3.05, 3.63) is 17.5 Å². The number of nitrogens with one attached hydrogen (secondary N) is 1. The number of hydrogen-bond donors (Lipinski definition) is 1. The zero-order valence-corrected chi connectivity index (χ0v) is 13.4. The molecule has 0 fully saturated rings. The number of carbonyl (C=O) groups is 1. The number of aromatic nitrogens is 2. The summed E-state index contributed by atoms with van der Waals surface area (Å²) in [5, 5.41) is 3.61. The predicted octanol–water partition coefficient (Wildman–Crippen LogP) is 2.81. The van der Waals surface area contributed by atoms with Crippen LogP contribution in [0.1, 0.15) is 50.3 Å². The molecule has 8 heteroatoms. The van der Waals surface area contributed by atoms with Gasteiger partial charge in [-0.2, -0.15) is 10.6 Å². The molecule has 1 N–H and O–H groups in total. The van der Waals surface area contributed by atoms with Crippen molar-refractivity contribution in [2.24, 2.45) is 0 Å². The Morgan fingerprint density at radius 3 is 2.38 bits per heavy atom. The van der Waals surface area contributed by atoms with E-state index in [2.05, 4.69) is 15.4 Å². The van der Waals surface area contributed by atoms with E-state index < -0.39 is 18.1 Å². The van der Waals surface area contributed by atoms with Crippen molar-refractivity contribution in [2.75, 3.05) is 20.8 Å². The Morgan fingerprint density at radius 1 is 1.38 bits per heavy atom. The lowest BCUT2D eigenvalue weighted by molar-refractivity contribution is 0.0293. The quantitative estimate of drug-likeness (QED) is 0.819. The molecule has 6 nitrogen and oxygen atoms in total. The second kappa shape index (κ2) is 13.4. The topological polar surface area (TPSA) is 65.4 Å². The summed E-state index contributed by atoms with van der Waals surface area (Å²) >= 11 is 0. The largest absolute Gasteiger partial charge is 0.383 e. The molecule has 0 atom stereocenters. The number of hydrogen-bond acceptors (Lipinski definition) is 5. The Balaban J connectivity index is 0. The molecule has 21 heavy (non-hydrogen) atoms. The van der Waals surface area contributed by atoms with Crippen LogP contribution in [0.4, 0.5) is 8.78 Å². The zero-order chi connectivity index (χ0) is 16.8. The predicted molar refractivity (Wildman–Crippen MR) is 76.2 cm³/mol. The van der Waals surface area contributed by atoms with E-state index >= 15 is 0 Å². The van der Waals surface area contributed by atoms with Crippen LogP contribution in [-0.4, -0.2) is 36.5 Å². The van der Waals surface area contributed by atoms with Crippen LogP contribution in [-0.2, 0) is 16.1 Å². The molecule has 1 aromatic rings. The zero-order valence-electron chi connectivity index (χ0n) is 13.4. The summed E-state index contributed by atoms with van der Waals surface area (Å²) < 4.78 is 30.8. The molecule has 0 spiro atoms. The molecule has 0 aromatic carbocycles. The van der Waals surface area contributed by atoms with E-state index in [0.29, 0.717) is 0 Å². The van der Waals surface area contributed by atoms with Gasteiger partial charge in [-0.25, -0.2) is 13.6 Å². The number of ether oxygens (including phenoxy) is 1. The SMILES string of the molecule is CC.CC.CNOC(=O)c1cc(C(F)F)nn1CCOC. The second-order valence-electron chi connectivity index (χ2n) is 3.06. The fourth-order valence-electron chi connectivity index (χ4n) is 1.20. The van der Waals surface area contributed by atoms with Gasteiger partial charge in [0, 0.05) is 20.2 Å². The van der Waals surface area contributed by atoms with E-state index in [1.54, 1.807) is 0 Å². The summed E-state index contributed by atoms with van der Waals surface area (Å²) in [6.07, 6.45) is -2.74. The van der Waals surface area contributed by atoms with Gasteiger partial charge in [-0.1, -0.05) is 27.7 Å². The summed E-state index contributed by atoms with van der Waals surface area (Å²) in [4.78, 5) is 15.9. The highest BCUT2D eigenvalue weighted by atomic mass is 19.3. The van der Waals surface area contributed by atoms with Crippen molar-refractivity contribution in [1.29, 1.82) is 0 Å². The molecule has 0 saturated heterocycles. The van der Waals surface area contributed by atoms with Crippen molar-refractivity contribution in [3.8, 4) is 0 Å². The van der Waals surface area contributed by atoms with E-state index in [-0.39, 0.29) is 18.8 Å². The minimum absolute atomic E-state index is 0.0494. The Kier molecular flexibility index (Phi) is 13.9. The number of carbonyl (C=O) groups excluding carboxylic acids is 1. The number of methoxy groups -OCH3 is 1. The third kappa shape index (κ3) is 7.72. The van der Waals surface area contributed by atoms with Crippen LogP contribution >= 0.6 is 0 Å². The lowest BCUT2D eigenvalue weighted by Crippen LogP contribution is -2.20. The summed E-state index contributed by atoms with van der Waals surface area (Å²) in [7, 11) is 2.85. The Labute approximate surface area is 124 Å². The van der Waals surface area contributed by atoms with Crippen LogP contribution in [0.2, 0.25) is 0 Å². The molecular formula is C13H25F2N3O3. The Morgan fingerprint density at radius 2 is 1.95 bits per heavy atom. The van der Waals surface area contributed by atoms with Gasteiger partial charge in [0.1, 0.15) is 11.4 Å². The maximum absolute atomic E-state index is 12.5. The molecule has 0 aliphatic heterocycles. The van der Waals surface area contributed by atoms with Gasteiger partial charge in [0.25, 0.3) is 6.43 Å². The smallest absolute Gasteiger partial charge is 0.375 e. The van der Waals surface area contributed by atoms with Gasteiger partial charge in [0.15, 0.2) is 0 Å². The van der Waals surface area contributed by atoms with Crippen LogP contribution in [0.3, 0.4) is 0 Å². The number of rotatable bonds is 6. The highest BCUT2D eigenvalue weighted by Gasteiger charge is 2.20. The Bertz CT molecular complexity index is 385. The Hall–Kier alpha value is -1.54. The first-order valence-electron chi connectivity index (χ1n) is 6.83. The van der Waals surface area contributed by atoms with E-state index in [1.165, 1.54) is 14.2 Å². The third-order valence-corrected chi connectivity index (χ3v) is 1.93. The van der Waals surface area contributed by atoms with Gasteiger partial charge in [0.05, 0.1) is 13.2 Å². The second-order valence-corrected chi connectivity index (χ2v) is 3.06. The first kappa shape index (κ1) is 21.8. The average molecular weight is 309 g/mol. The van der Waals surface area contributed by atoms with Gasteiger partial charge in [0.2, 0.25) is 0 Å². The maximum atomic E-state index is 12.5. The molecule has 1 aromatic heterocycles. The van der Waals surface area contributed by atoms with Crippen LogP contribution in [0.15, 0.2) is 6.07 Å². The van der Waals surface area contributed by atoms with Crippen LogP contribution < -0.4 is 5.48 Å². The van der Waals surface area contributed by atoms with E-state index in [9.17, 15) is 13.6 Å². The lowest BCUT2D eigenvalue weighted by Gasteiger charge is -2.05. The highest BCUT2D eigenvalue weighted by molar-refractivity contribution is 5.87. The fourth-order valence-corrected chi connectivity index (χ4v) is 1.20. The van der Waals surface area contributed by atoms with Crippen LogP contribution in [0, 0.1) is 0 Å². The standard InChI is InChI=1S/C9H13F2N3O3.2C2H6/c1-12-17-9(15)7-5-6(8(10)11)13-14(7)3-4-16-2;2*1-2/h5,8,12H,3-4H2,1-2H3;2*1-2H3. The number of alkyl halides is 2. The van der Waals surface area contributed by atoms with Crippen molar-refractivity contribution >= 4 is 5.97 Å². The van der Waals surface area contributed by atoms with Gasteiger partial charge in [-0.05, 0) is 0 Å². The highest BCUT2D eigenvalue weighted by Crippen LogP contribution is 2.18. The molecule has 1 rings (SSSR count).